The maximum Gasteiger partial charge on any atom is 0.217 e. The van der Waals surface area contributed by atoms with Crippen LogP contribution in [0.2, 0.25) is 0 Å². The van der Waals surface area contributed by atoms with Gasteiger partial charge in [-0.15, -0.1) is 0 Å². The SMILES string of the molecule is CC(=O)NCc1ccccc1-c1ccc([C@@H]2O[C@H](CN3CCCCC3)C[C@H](c3ccc(CO)cc3)O2)cc1. The van der Waals surface area contributed by atoms with Gasteiger partial charge in [0.2, 0.25) is 5.91 Å². The van der Waals surface area contributed by atoms with E-state index < -0.39 is 6.29 Å². The molecule has 2 heterocycles. The highest BCUT2D eigenvalue weighted by Gasteiger charge is 2.33. The normalized spacial score (nSPS) is 22.2. The van der Waals surface area contributed by atoms with Crippen LogP contribution in [0.25, 0.3) is 11.1 Å². The summed E-state index contributed by atoms with van der Waals surface area (Å²) in [5.41, 5.74) is 6.27. The summed E-state index contributed by atoms with van der Waals surface area (Å²) in [6, 6.07) is 24.6. The lowest BCUT2D eigenvalue weighted by Crippen LogP contribution is -2.41. The molecule has 2 aliphatic heterocycles. The van der Waals surface area contributed by atoms with E-state index in [-0.39, 0.29) is 24.7 Å². The molecule has 3 aromatic rings. The number of rotatable bonds is 8. The number of benzene rings is 3. The van der Waals surface area contributed by atoms with Gasteiger partial charge in [-0.1, -0.05) is 79.2 Å². The summed E-state index contributed by atoms with van der Waals surface area (Å²) in [6.07, 6.45) is 4.17. The molecule has 3 aromatic carbocycles. The van der Waals surface area contributed by atoms with Crippen LogP contribution >= 0.6 is 0 Å². The molecular formula is C32H38N2O4. The smallest absolute Gasteiger partial charge is 0.217 e. The maximum absolute atomic E-state index is 11.4. The van der Waals surface area contributed by atoms with Gasteiger partial charge in [0, 0.05) is 32.0 Å². The molecule has 2 saturated heterocycles. The Balaban J connectivity index is 1.36. The number of piperidine rings is 1. The Morgan fingerprint density at radius 1 is 0.921 bits per heavy atom. The van der Waals surface area contributed by atoms with Crippen LogP contribution in [0.1, 0.15) is 67.3 Å². The van der Waals surface area contributed by atoms with Crippen LogP contribution in [-0.4, -0.2) is 41.7 Å². The molecule has 1 amide bonds. The summed E-state index contributed by atoms with van der Waals surface area (Å²) in [7, 11) is 0. The lowest BCUT2D eigenvalue weighted by atomic mass is 9.97. The van der Waals surface area contributed by atoms with E-state index in [1.54, 1.807) is 0 Å². The van der Waals surface area contributed by atoms with Crippen molar-refractivity contribution in [2.24, 2.45) is 0 Å². The van der Waals surface area contributed by atoms with Crippen LogP contribution in [0.15, 0.2) is 72.8 Å². The van der Waals surface area contributed by atoms with Gasteiger partial charge in [-0.05, 0) is 53.7 Å². The summed E-state index contributed by atoms with van der Waals surface area (Å²) in [4.78, 5) is 14.0. The van der Waals surface area contributed by atoms with Crippen LogP contribution < -0.4 is 5.32 Å². The van der Waals surface area contributed by atoms with Crippen molar-refractivity contribution < 1.29 is 19.4 Å². The van der Waals surface area contributed by atoms with Crippen molar-refractivity contribution in [2.45, 2.75) is 64.3 Å². The topological polar surface area (TPSA) is 71.0 Å². The van der Waals surface area contributed by atoms with Crippen molar-refractivity contribution in [3.63, 3.8) is 0 Å². The first-order chi connectivity index (χ1) is 18.6. The number of hydrogen-bond donors (Lipinski definition) is 2. The monoisotopic (exact) mass is 514 g/mol. The molecule has 6 nitrogen and oxygen atoms in total. The number of aliphatic hydroxyl groups is 1. The van der Waals surface area contributed by atoms with Crippen molar-refractivity contribution in [1.29, 1.82) is 0 Å². The number of nitrogens with one attached hydrogen (secondary N) is 1. The van der Waals surface area contributed by atoms with Crippen LogP contribution in [0.4, 0.5) is 0 Å². The first-order valence-corrected chi connectivity index (χ1v) is 13.7. The quantitative estimate of drug-likeness (QED) is 0.415. The van der Waals surface area contributed by atoms with E-state index in [9.17, 15) is 9.90 Å². The Morgan fingerprint density at radius 2 is 1.63 bits per heavy atom. The van der Waals surface area contributed by atoms with E-state index in [1.165, 1.54) is 26.2 Å². The molecule has 2 fully saturated rings. The van der Waals surface area contributed by atoms with Crippen LogP contribution in [0.5, 0.6) is 0 Å². The van der Waals surface area contributed by atoms with E-state index in [0.717, 1.165) is 59.4 Å². The highest BCUT2D eigenvalue weighted by Crippen LogP contribution is 2.39. The van der Waals surface area contributed by atoms with Gasteiger partial charge in [0.25, 0.3) is 0 Å². The van der Waals surface area contributed by atoms with E-state index >= 15 is 0 Å². The number of ether oxygens (including phenoxy) is 2. The third-order valence-electron chi connectivity index (χ3n) is 7.56. The summed E-state index contributed by atoms with van der Waals surface area (Å²) in [5.74, 6) is -0.0404. The molecule has 2 aliphatic rings. The molecule has 0 aromatic heterocycles. The van der Waals surface area contributed by atoms with Gasteiger partial charge in [-0.2, -0.15) is 0 Å². The minimum Gasteiger partial charge on any atom is -0.392 e. The lowest BCUT2D eigenvalue weighted by molar-refractivity contribution is -0.253. The van der Waals surface area contributed by atoms with Gasteiger partial charge in [0.15, 0.2) is 6.29 Å². The Morgan fingerprint density at radius 3 is 2.34 bits per heavy atom. The second-order valence-electron chi connectivity index (χ2n) is 10.4. The van der Waals surface area contributed by atoms with Crippen LogP contribution in [-0.2, 0) is 27.4 Å². The molecule has 3 atom stereocenters. The largest absolute Gasteiger partial charge is 0.392 e. The molecule has 0 spiro atoms. The zero-order valence-corrected chi connectivity index (χ0v) is 22.1. The molecule has 0 saturated carbocycles. The Kier molecular flexibility index (Phi) is 8.86. The highest BCUT2D eigenvalue weighted by molar-refractivity contribution is 5.74. The minimum absolute atomic E-state index is 0.0371. The Hall–Kier alpha value is -3.03. The van der Waals surface area contributed by atoms with Gasteiger partial charge < -0.3 is 24.8 Å². The standard InChI is InChI=1S/C32H38N2O4/c1-23(36)33-20-28-7-3-4-8-30(28)25-13-15-27(16-14-25)32-37-29(21-34-17-5-2-6-18-34)19-31(38-32)26-11-9-24(22-35)10-12-26/h3-4,7-16,29,31-32,35H,2,5-6,17-22H2,1H3,(H,33,36)/t29-,31+,32+/m0/s1. The zero-order valence-electron chi connectivity index (χ0n) is 22.1. The number of carbonyl (C=O) groups is 1. The van der Waals surface area contributed by atoms with Gasteiger partial charge in [-0.25, -0.2) is 0 Å². The number of likely N-dealkylation sites (tertiary alicyclic amines) is 1. The number of nitrogens with zero attached hydrogens (tertiary/aromatic N) is 1. The highest BCUT2D eigenvalue weighted by atomic mass is 16.7. The molecule has 5 rings (SSSR count). The molecular weight excluding hydrogens is 476 g/mol. The minimum atomic E-state index is -0.454. The fourth-order valence-electron chi connectivity index (χ4n) is 5.46. The van der Waals surface area contributed by atoms with E-state index in [2.05, 4.69) is 52.7 Å². The van der Waals surface area contributed by atoms with Crippen molar-refractivity contribution in [3.8, 4) is 11.1 Å². The molecule has 2 N–H and O–H groups in total. The first kappa shape index (κ1) is 26.6. The first-order valence-electron chi connectivity index (χ1n) is 13.7. The van der Waals surface area contributed by atoms with E-state index in [0.29, 0.717) is 6.54 Å². The summed E-state index contributed by atoms with van der Waals surface area (Å²) in [6.45, 7) is 5.25. The third kappa shape index (κ3) is 6.69. The van der Waals surface area contributed by atoms with Gasteiger partial charge in [0.05, 0.1) is 18.8 Å². The fraction of sp³-hybridized carbons (Fsp3) is 0.406. The van der Waals surface area contributed by atoms with E-state index in [4.69, 9.17) is 9.47 Å². The Bertz CT molecular complexity index is 1190. The van der Waals surface area contributed by atoms with Crippen LogP contribution in [0.3, 0.4) is 0 Å². The van der Waals surface area contributed by atoms with Crippen molar-refractivity contribution in [1.82, 2.24) is 10.2 Å². The molecule has 200 valence electrons. The predicted molar refractivity (Wildman–Crippen MR) is 148 cm³/mol. The fourth-order valence-corrected chi connectivity index (χ4v) is 5.46. The zero-order chi connectivity index (χ0) is 26.3. The molecule has 0 aliphatic carbocycles. The molecule has 0 unspecified atom stereocenters. The van der Waals surface area contributed by atoms with Crippen molar-refractivity contribution in [3.05, 3.63) is 95.1 Å². The maximum atomic E-state index is 11.4. The molecule has 6 heteroatoms. The molecule has 38 heavy (non-hydrogen) atoms. The summed E-state index contributed by atoms with van der Waals surface area (Å²) < 4.78 is 13.1. The lowest BCUT2D eigenvalue weighted by Gasteiger charge is -2.39. The number of amides is 1. The summed E-state index contributed by atoms with van der Waals surface area (Å²) >= 11 is 0. The van der Waals surface area contributed by atoms with Crippen LogP contribution in [0, 0.1) is 0 Å². The van der Waals surface area contributed by atoms with Gasteiger partial charge in [-0.3, -0.25) is 4.79 Å². The predicted octanol–water partition coefficient (Wildman–Crippen LogP) is 5.51. The van der Waals surface area contributed by atoms with E-state index in [1.807, 2.05) is 30.3 Å². The molecule has 0 radical (unpaired) electrons. The second-order valence-corrected chi connectivity index (χ2v) is 10.4. The van der Waals surface area contributed by atoms with Gasteiger partial charge in [0.1, 0.15) is 0 Å². The van der Waals surface area contributed by atoms with Crippen molar-refractivity contribution >= 4 is 5.91 Å². The third-order valence-corrected chi connectivity index (χ3v) is 7.56. The van der Waals surface area contributed by atoms with Crippen molar-refractivity contribution in [2.75, 3.05) is 19.6 Å². The average Bonchev–Trinajstić information content (AvgIpc) is 2.97. The number of aliphatic hydroxyl groups excluding tert-OH is 1. The summed E-state index contributed by atoms with van der Waals surface area (Å²) in [5, 5.41) is 12.4. The van der Waals surface area contributed by atoms with Gasteiger partial charge >= 0.3 is 0 Å². The number of carbonyl (C=O) groups excluding carboxylic acids is 1. The second kappa shape index (κ2) is 12.7. The Labute approximate surface area is 225 Å². The molecule has 0 bridgehead atoms. The number of hydrogen-bond acceptors (Lipinski definition) is 5. The average molecular weight is 515 g/mol.